The van der Waals surface area contributed by atoms with Gasteiger partial charge in [-0.3, -0.25) is 4.99 Å². The third-order valence-electron chi connectivity index (χ3n) is 4.27. The van der Waals surface area contributed by atoms with Gasteiger partial charge >= 0.3 is 0 Å². The lowest BCUT2D eigenvalue weighted by molar-refractivity contribution is 0.195. The summed E-state index contributed by atoms with van der Waals surface area (Å²) < 4.78 is 15.8. The summed E-state index contributed by atoms with van der Waals surface area (Å²) in [5, 5.41) is 6.82. The van der Waals surface area contributed by atoms with Gasteiger partial charge in [-0.05, 0) is 12.8 Å². The molecule has 1 aliphatic heterocycles. The Hall–Kier alpha value is -2.15. The molecule has 0 bridgehead atoms. The second-order valence-corrected chi connectivity index (χ2v) is 5.99. The van der Waals surface area contributed by atoms with Gasteiger partial charge in [-0.15, -0.1) is 0 Å². The Balaban J connectivity index is 1.90. The van der Waals surface area contributed by atoms with E-state index in [0.29, 0.717) is 6.04 Å². The molecule has 1 aromatic carbocycles. The molecule has 1 heterocycles. The van der Waals surface area contributed by atoms with E-state index >= 15 is 0 Å². The number of guanidine groups is 1. The summed E-state index contributed by atoms with van der Waals surface area (Å²) in [5.41, 5.74) is 1.11. The number of benzene rings is 1. The lowest BCUT2D eigenvalue weighted by Gasteiger charge is -2.21. The SMILES string of the molecule is CN=C(NCCCOC)NC1CCN(c2cc(OC)cc(OC)c2)C1. The number of hydrogen-bond acceptors (Lipinski definition) is 5. The fourth-order valence-corrected chi connectivity index (χ4v) is 2.90. The highest BCUT2D eigenvalue weighted by Crippen LogP contribution is 2.30. The van der Waals surface area contributed by atoms with Crippen LogP contribution in [0.5, 0.6) is 11.5 Å². The third-order valence-corrected chi connectivity index (χ3v) is 4.27. The summed E-state index contributed by atoms with van der Waals surface area (Å²) in [6.07, 6.45) is 2.01. The summed E-state index contributed by atoms with van der Waals surface area (Å²) in [5.74, 6) is 2.45. The molecule has 0 aromatic heterocycles. The first kappa shape index (κ1) is 19.2. The topological polar surface area (TPSA) is 67.4 Å². The van der Waals surface area contributed by atoms with Crippen LogP contribution in [-0.4, -0.2) is 66.6 Å². The van der Waals surface area contributed by atoms with Crippen molar-refractivity contribution in [2.75, 3.05) is 59.5 Å². The van der Waals surface area contributed by atoms with Crippen molar-refractivity contribution in [2.24, 2.45) is 4.99 Å². The lowest BCUT2D eigenvalue weighted by Crippen LogP contribution is -2.45. The Bertz CT molecular complexity index is 543. The van der Waals surface area contributed by atoms with Gasteiger partial charge in [-0.2, -0.15) is 0 Å². The van der Waals surface area contributed by atoms with Crippen molar-refractivity contribution in [2.45, 2.75) is 18.9 Å². The maximum absolute atomic E-state index is 5.37. The average molecular weight is 350 g/mol. The first-order chi connectivity index (χ1) is 12.2. The second-order valence-electron chi connectivity index (χ2n) is 5.99. The van der Waals surface area contributed by atoms with E-state index in [1.54, 1.807) is 28.4 Å². The summed E-state index contributed by atoms with van der Waals surface area (Å²) in [6.45, 7) is 3.49. The number of methoxy groups -OCH3 is 3. The van der Waals surface area contributed by atoms with Gasteiger partial charge in [0.05, 0.1) is 14.2 Å². The van der Waals surface area contributed by atoms with Crippen LogP contribution in [0.1, 0.15) is 12.8 Å². The minimum atomic E-state index is 0.353. The molecule has 0 spiro atoms. The van der Waals surface area contributed by atoms with Gasteiger partial charge in [0, 0.05) is 70.3 Å². The van der Waals surface area contributed by atoms with E-state index in [1.165, 1.54) is 0 Å². The number of aliphatic imine (C=N–C) groups is 1. The molecule has 2 rings (SSSR count). The summed E-state index contributed by atoms with van der Waals surface area (Å²) >= 11 is 0. The number of anilines is 1. The first-order valence-corrected chi connectivity index (χ1v) is 8.64. The normalized spacial score (nSPS) is 17.5. The molecule has 1 aliphatic rings. The molecule has 0 aliphatic carbocycles. The molecule has 0 radical (unpaired) electrons. The highest BCUT2D eigenvalue weighted by atomic mass is 16.5. The lowest BCUT2D eigenvalue weighted by atomic mass is 10.2. The van der Waals surface area contributed by atoms with E-state index < -0.39 is 0 Å². The number of rotatable bonds is 8. The number of ether oxygens (including phenoxy) is 3. The molecule has 7 heteroatoms. The fourth-order valence-electron chi connectivity index (χ4n) is 2.90. The number of nitrogens with zero attached hydrogens (tertiary/aromatic N) is 2. The van der Waals surface area contributed by atoms with Crippen molar-refractivity contribution >= 4 is 11.6 Å². The van der Waals surface area contributed by atoms with E-state index in [1.807, 2.05) is 18.2 Å². The zero-order chi connectivity index (χ0) is 18.1. The third kappa shape index (κ3) is 5.70. The number of hydrogen-bond donors (Lipinski definition) is 2. The largest absolute Gasteiger partial charge is 0.497 e. The molecule has 1 atom stereocenters. The molecule has 0 amide bonds. The molecular formula is C18H30N4O3. The monoisotopic (exact) mass is 350 g/mol. The molecular weight excluding hydrogens is 320 g/mol. The van der Waals surface area contributed by atoms with Gasteiger partial charge < -0.3 is 29.7 Å². The second kappa shape index (κ2) is 9.98. The molecule has 1 unspecified atom stereocenters. The van der Waals surface area contributed by atoms with Crippen molar-refractivity contribution in [3.63, 3.8) is 0 Å². The minimum Gasteiger partial charge on any atom is -0.497 e. The Morgan fingerprint density at radius 3 is 2.52 bits per heavy atom. The molecule has 7 nitrogen and oxygen atoms in total. The zero-order valence-electron chi connectivity index (χ0n) is 15.7. The molecule has 1 fully saturated rings. The van der Waals surface area contributed by atoms with Crippen LogP contribution in [0.25, 0.3) is 0 Å². The molecule has 1 aromatic rings. The summed E-state index contributed by atoms with van der Waals surface area (Å²) in [4.78, 5) is 6.63. The maximum atomic E-state index is 5.37. The van der Waals surface area contributed by atoms with Crippen LogP contribution in [0.15, 0.2) is 23.2 Å². The molecule has 0 saturated carbocycles. The van der Waals surface area contributed by atoms with Crippen LogP contribution < -0.4 is 25.0 Å². The van der Waals surface area contributed by atoms with Crippen LogP contribution in [0, 0.1) is 0 Å². The highest BCUT2D eigenvalue weighted by Gasteiger charge is 2.24. The van der Waals surface area contributed by atoms with Gasteiger partial charge in [-0.1, -0.05) is 0 Å². The van der Waals surface area contributed by atoms with Crippen molar-refractivity contribution in [3.8, 4) is 11.5 Å². The predicted octanol–water partition coefficient (Wildman–Crippen LogP) is 1.48. The van der Waals surface area contributed by atoms with Crippen molar-refractivity contribution in [1.82, 2.24) is 10.6 Å². The van der Waals surface area contributed by atoms with Crippen molar-refractivity contribution in [3.05, 3.63) is 18.2 Å². The van der Waals surface area contributed by atoms with Gasteiger partial charge in [-0.25, -0.2) is 0 Å². The molecule has 140 valence electrons. The summed E-state index contributed by atoms with van der Waals surface area (Å²) in [6, 6.07) is 6.33. The van der Waals surface area contributed by atoms with E-state index in [2.05, 4.69) is 20.5 Å². The standard InChI is InChI=1S/C18H30N4O3/c1-19-18(20-7-5-9-23-2)21-14-6-8-22(13-14)15-10-16(24-3)12-17(11-15)25-4/h10-12,14H,5-9,13H2,1-4H3,(H2,19,20,21). The number of nitrogens with one attached hydrogen (secondary N) is 2. The highest BCUT2D eigenvalue weighted by molar-refractivity contribution is 5.80. The van der Waals surface area contributed by atoms with Crippen molar-refractivity contribution in [1.29, 1.82) is 0 Å². The Morgan fingerprint density at radius 2 is 1.92 bits per heavy atom. The summed E-state index contributed by atoms with van der Waals surface area (Å²) in [7, 11) is 6.86. The van der Waals surface area contributed by atoms with Gasteiger partial charge in [0.15, 0.2) is 5.96 Å². The van der Waals surface area contributed by atoms with Crippen LogP contribution in [0.2, 0.25) is 0 Å². The van der Waals surface area contributed by atoms with Gasteiger partial charge in [0.25, 0.3) is 0 Å². The van der Waals surface area contributed by atoms with Crippen molar-refractivity contribution < 1.29 is 14.2 Å². The molecule has 2 N–H and O–H groups in total. The first-order valence-electron chi connectivity index (χ1n) is 8.64. The van der Waals surface area contributed by atoms with Crippen LogP contribution in [0.4, 0.5) is 5.69 Å². The average Bonchev–Trinajstić information content (AvgIpc) is 3.12. The zero-order valence-corrected chi connectivity index (χ0v) is 15.7. The van der Waals surface area contributed by atoms with Crippen LogP contribution in [-0.2, 0) is 4.74 Å². The minimum absolute atomic E-state index is 0.353. The predicted molar refractivity (Wildman–Crippen MR) is 101 cm³/mol. The Labute approximate surface area is 150 Å². The fraction of sp³-hybridized carbons (Fsp3) is 0.611. The van der Waals surface area contributed by atoms with E-state index in [-0.39, 0.29) is 0 Å². The Kier molecular flexibility index (Phi) is 7.66. The maximum Gasteiger partial charge on any atom is 0.191 e. The Morgan fingerprint density at radius 1 is 1.20 bits per heavy atom. The molecule has 1 saturated heterocycles. The quantitative estimate of drug-likeness (QED) is 0.421. The van der Waals surface area contributed by atoms with E-state index in [4.69, 9.17) is 14.2 Å². The van der Waals surface area contributed by atoms with Crippen LogP contribution in [0.3, 0.4) is 0 Å². The van der Waals surface area contributed by atoms with Crippen LogP contribution >= 0.6 is 0 Å². The van der Waals surface area contributed by atoms with Gasteiger partial charge in [0.1, 0.15) is 11.5 Å². The van der Waals surface area contributed by atoms with Gasteiger partial charge in [0.2, 0.25) is 0 Å². The van der Waals surface area contributed by atoms with E-state index in [0.717, 1.165) is 62.2 Å². The van der Waals surface area contributed by atoms with E-state index in [9.17, 15) is 0 Å². The smallest absolute Gasteiger partial charge is 0.191 e. The molecule has 25 heavy (non-hydrogen) atoms.